The highest BCUT2D eigenvalue weighted by molar-refractivity contribution is 9.10. The molecule has 0 atom stereocenters. The lowest BCUT2D eigenvalue weighted by atomic mass is 10.1. The van der Waals surface area contributed by atoms with Crippen LogP contribution in [0, 0.1) is 0 Å². The first-order valence-corrected chi connectivity index (χ1v) is 9.51. The van der Waals surface area contributed by atoms with E-state index in [1.807, 2.05) is 12.1 Å². The number of carbonyl (C=O) groups excluding carboxylic acids is 1. The highest BCUT2D eigenvalue weighted by Crippen LogP contribution is 2.16. The molecular formula is C20H18BrN3O5. The molecule has 3 rings (SSSR count). The van der Waals surface area contributed by atoms with Gasteiger partial charge < -0.3 is 14.7 Å². The summed E-state index contributed by atoms with van der Waals surface area (Å²) >= 11 is 3.34. The molecule has 1 amide bonds. The molecule has 0 saturated carbocycles. The fraction of sp³-hybridized carbons (Fsp3) is 0.200. The second-order valence-electron chi connectivity index (χ2n) is 6.28. The molecule has 0 aliphatic carbocycles. The van der Waals surface area contributed by atoms with Gasteiger partial charge in [0.2, 0.25) is 5.91 Å². The molecule has 0 saturated heterocycles. The topological polar surface area (TPSA) is 102 Å². The van der Waals surface area contributed by atoms with E-state index in [0.29, 0.717) is 12.3 Å². The molecule has 0 radical (unpaired) electrons. The smallest absolute Gasteiger partial charge is 0.357 e. The van der Waals surface area contributed by atoms with Gasteiger partial charge in [0.1, 0.15) is 18.9 Å². The Morgan fingerprint density at radius 2 is 1.79 bits per heavy atom. The fourth-order valence-electron chi connectivity index (χ4n) is 2.71. The summed E-state index contributed by atoms with van der Waals surface area (Å²) in [6.07, 6.45) is 0. The summed E-state index contributed by atoms with van der Waals surface area (Å²) in [7, 11) is 1.58. The Morgan fingerprint density at radius 3 is 2.45 bits per heavy atom. The van der Waals surface area contributed by atoms with Gasteiger partial charge in [-0.25, -0.2) is 9.48 Å². The first-order chi connectivity index (χ1) is 13.9. The summed E-state index contributed by atoms with van der Waals surface area (Å²) in [4.78, 5) is 38.0. The normalized spacial score (nSPS) is 10.7. The third-order valence-corrected chi connectivity index (χ3v) is 4.82. The number of nitrogens with zero attached hydrogens (tertiary/aromatic N) is 3. The van der Waals surface area contributed by atoms with Gasteiger partial charge in [0.05, 0.1) is 11.9 Å². The number of rotatable bonds is 7. The highest BCUT2D eigenvalue weighted by atomic mass is 79.9. The molecule has 0 aliphatic heterocycles. The second kappa shape index (κ2) is 8.87. The number of aromatic nitrogens is 2. The van der Waals surface area contributed by atoms with Crippen LogP contribution in [0.15, 0.2) is 57.8 Å². The van der Waals surface area contributed by atoms with Gasteiger partial charge in [-0.1, -0.05) is 34.1 Å². The van der Waals surface area contributed by atoms with E-state index < -0.39 is 11.5 Å². The van der Waals surface area contributed by atoms with Crippen LogP contribution in [-0.4, -0.2) is 51.9 Å². The largest absolute Gasteiger partial charge is 0.492 e. The Kier molecular flexibility index (Phi) is 6.28. The third kappa shape index (κ3) is 4.80. The van der Waals surface area contributed by atoms with E-state index in [-0.39, 0.29) is 35.5 Å². The van der Waals surface area contributed by atoms with Crippen molar-refractivity contribution >= 4 is 38.6 Å². The van der Waals surface area contributed by atoms with Crippen LogP contribution in [-0.2, 0) is 11.3 Å². The van der Waals surface area contributed by atoms with Crippen molar-refractivity contribution in [3.8, 4) is 5.75 Å². The van der Waals surface area contributed by atoms with Crippen LogP contribution < -0.4 is 10.3 Å². The van der Waals surface area contributed by atoms with Crippen molar-refractivity contribution in [3.05, 3.63) is 69.1 Å². The molecule has 0 spiro atoms. The van der Waals surface area contributed by atoms with Crippen LogP contribution in [0.4, 0.5) is 0 Å². The highest BCUT2D eigenvalue weighted by Gasteiger charge is 2.18. The number of hydrogen-bond donors (Lipinski definition) is 1. The standard InChI is InChI=1S/C20H18BrN3O5/c1-23(10-11-29-14-8-6-13(21)7-9-14)17(25)12-24-19(26)16-5-3-2-4-15(16)18(22-24)20(27)28/h2-9H,10-12H2,1H3,(H,27,28). The number of benzene rings is 2. The second-order valence-corrected chi connectivity index (χ2v) is 7.20. The van der Waals surface area contributed by atoms with Crippen molar-refractivity contribution in [1.29, 1.82) is 0 Å². The molecule has 150 valence electrons. The van der Waals surface area contributed by atoms with Crippen molar-refractivity contribution in [1.82, 2.24) is 14.7 Å². The zero-order valence-corrected chi connectivity index (χ0v) is 17.1. The maximum atomic E-state index is 12.6. The van der Waals surface area contributed by atoms with Gasteiger partial charge in [-0.2, -0.15) is 5.10 Å². The summed E-state index contributed by atoms with van der Waals surface area (Å²) < 4.78 is 7.41. The number of aromatic carboxylic acids is 1. The lowest BCUT2D eigenvalue weighted by Gasteiger charge is -2.18. The zero-order valence-electron chi connectivity index (χ0n) is 15.5. The Balaban J connectivity index is 1.70. The van der Waals surface area contributed by atoms with Gasteiger partial charge >= 0.3 is 5.97 Å². The minimum Gasteiger partial charge on any atom is -0.492 e. The number of likely N-dealkylation sites (N-methyl/N-ethyl adjacent to an activating group) is 1. The SMILES string of the molecule is CN(CCOc1ccc(Br)cc1)C(=O)Cn1nc(C(=O)O)c2ccccc2c1=O. The Morgan fingerprint density at radius 1 is 1.14 bits per heavy atom. The molecule has 2 aromatic carbocycles. The average molecular weight is 460 g/mol. The Hall–Kier alpha value is -3.20. The molecule has 1 aromatic heterocycles. The number of carboxylic acids is 1. The lowest BCUT2D eigenvalue weighted by molar-refractivity contribution is -0.131. The van der Waals surface area contributed by atoms with Crippen LogP contribution in [0.1, 0.15) is 10.5 Å². The van der Waals surface area contributed by atoms with Gasteiger partial charge in [0.15, 0.2) is 5.69 Å². The first-order valence-electron chi connectivity index (χ1n) is 8.72. The van der Waals surface area contributed by atoms with Crippen LogP contribution in [0.3, 0.4) is 0 Å². The molecule has 0 unspecified atom stereocenters. The number of halogens is 1. The van der Waals surface area contributed by atoms with E-state index in [9.17, 15) is 19.5 Å². The van der Waals surface area contributed by atoms with Crippen LogP contribution in [0.2, 0.25) is 0 Å². The van der Waals surface area contributed by atoms with Crippen molar-refractivity contribution in [2.24, 2.45) is 0 Å². The van der Waals surface area contributed by atoms with Crippen molar-refractivity contribution < 1.29 is 19.4 Å². The third-order valence-electron chi connectivity index (χ3n) is 4.29. The quantitative estimate of drug-likeness (QED) is 0.581. The molecule has 0 bridgehead atoms. The molecule has 0 aliphatic rings. The Bertz CT molecular complexity index is 1110. The summed E-state index contributed by atoms with van der Waals surface area (Å²) in [6.45, 7) is 0.200. The molecule has 0 fully saturated rings. The first kappa shape index (κ1) is 20.5. The zero-order chi connectivity index (χ0) is 21.0. The summed E-state index contributed by atoms with van der Waals surface area (Å²) in [6, 6.07) is 13.6. The monoisotopic (exact) mass is 459 g/mol. The number of hydrogen-bond acceptors (Lipinski definition) is 5. The average Bonchev–Trinajstić information content (AvgIpc) is 2.71. The number of carbonyl (C=O) groups is 2. The van der Waals surface area contributed by atoms with E-state index in [4.69, 9.17) is 4.74 Å². The van der Waals surface area contributed by atoms with E-state index in [1.165, 1.54) is 17.0 Å². The van der Waals surface area contributed by atoms with Gasteiger partial charge in [-0.05, 0) is 30.3 Å². The lowest BCUT2D eigenvalue weighted by Crippen LogP contribution is -2.37. The number of carboxylic acid groups (broad SMARTS) is 1. The number of amides is 1. The molecule has 9 heteroatoms. The van der Waals surface area contributed by atoms with E-state index in [0.717, 1.165) is 9.15 Å². The van der Waals surface area contributed by atoms with Crippen molar-refractivity contribution in [2.75, 3.05) is 20.2 Å². The number of fused-ring (bicyclic) bond motifs is 1. The summed E-state index contributed by atoms with van der Waals surface area (Å²) in [5, 5.41) is 13.7. The van der Waals surface area contributed by atoms with Gasteiger partial charge in [-0.3, -0.25) is 9.59 Å². The number of ether oxygens (including phenoxy) is 1. The predicted octanol–water partition coefficient (Wildman–Crippen LogP) is 2.39. The van der Waals surface area contributed by atoms with Gasteiger partial charge in [0.25, 0.3) is 5.56 Å². The minimum absolute atomic E-state index is 0.203. The maximum absolute atomic E-state index is 12.6. The van der Waals surface area contributed by atoms with Gasteiger partial charge in [-0.15, -0.1) is 0 Å². The van der Waals surface area contributed by atoms with Crippen molar-refractivity contribution in [2.45, 2.75) is 6.54 Å². The Labute approximate surface area is 174 Å². The molecule has 1 N–H and O–H groups in total. The molecule has 29 heavy (non-hydrogen) atoms. The maximum Gasteiger partial charge on any atom is 0.357 e. The van der Waals surface area contributed by atoms with Crippen molar-refractivity contribution in [3.63, 3.8) is 0 Å². The van der Waals surface area contributed by atoms with Crippen LogP contribution in [0.5, 0.6) is 5.75 Å². The molecule has 1 heterocycles. The molecule has 8 nitrogen and oxygen atoms in total. The predicted molar refractivity (Wildman–Crippen MR) is 110 cm³/mol. The van der Waals surface area contributed by atoms with E-state index in [2.05, 4.69) is 21.0 Å². The fourth-order valence-corrected chi connectivity index (χ4v) is 2.97. The summed E-state index contributed by atoms with van der Waals surface area (Å²) in [5.74, 6) is -0.975. The van der Waals surface area contributed by atoms with E-state index in [1.54, 1.807) is 31.3 Å². The summed E-state index contributed by atoms with van der Waals surface area (Å²) in [5.41, 5.74) is -0.785. The van der Waals surface area contributed by atoms with Gasteiger partial charge in [0, 0.05) is 16.9 Å². The van der Waals surface area contributed by atoms with Crippen LogP contribution in [0.25, 0.3) is 10.8 Å². The molecular weight excluding hydrogens is 442 g/mol. The van der Waals surface area contributed by atoms with Crippen LogP contribution >= 0.6 is 15.9 Å². The molecule has 3 aromatic rings. The minimum atomic E-state index is -1.27. The van der Waals surface area contributed by atoms with E-state index >= 15 is 0 Å².